The molecule has 3 rings (SSSR count). The van der Waals surface area contributed by atoms with Gasteiger partial charge in [0.25, 0.3) is 0 Å². The molecule has 3 unspecified atom stereocenters. The molecule has 3 atom stereocenters. The van der Waals surface area contributed by atoms with Crippen molar-refractivity contribution in [3.8, 4) is 0 Å². The normalized spacial score (nSPS) is 22.7. The third-order valence-electron chi connectivity index (χ3n) is 6.01. The van der Waals surface area contributed by atoms with Crippen molar-refractivity contribution in [1.82, 2.24) is 4.90 Å². The minimum atomic E-state index is -0.623. The predicted octanol–water partition coefficient (Wildman–Crippen LogP) is 4.35. The second-order valence-corrected chi connectivity index (χ2v) is 9.96. The van der Waals surface area contributed by atoms with Crippen molar-refractivity contribution in [1.29, 1.82) is 0 Å². The van der Waals surface area contributed by atoms with Crippen LogP contribution in [0.3, 0.4) is 0 Å². The summed E-state index contributed by atoms with van der Waals surface area (Å²) in [5, 5.41) is 10.1. The first-order valence-electron chi connectivity index (χ1n) is 10.9. The maximum absolute atomic E-state index is 13.0. The van der Waals surface area contributed by atoms with Gasteiger partial charge in [-0.15, -0.1) is 0 Å². The lowest BCUT2D eigenvalue weighted by molar-refractivity contribution is -0.139. The van der Waals surface area contributed by atoms with Crippen molar-refractivity contribution < 1.29 is 14.7 Å². The molecule has 0 aromatic heterocycles. The number of hydrogen-bond donors (Lipinski definition) is 1. The van der Waals surface area contributed by atoms with Crippen LogP contribution in [-0.4, -0.2) is 46.6 Å². The number of aliphatic hydroxyl groups excluding tert-OH is 1. The van der Waals surface area contributed by atoms with Crippen LogP contribution < -0.4 is 0 Å². The fourth-order valence-corrected chi connectivity index (χ4v) is 4.34. The first-order valence-corrected chi connectivity index (χ1v) is 10.9. The van der Waals surface area contributed by atoms with E-state index in [1.54, 1.807) is 4.90 Å². The Morgan fingerprint density at radius 3 is 2.47 bits per heavy atom. The Balaban J connectivity index is 1.65. The van der Waals surface area contributed by atoms with Crippen molar-refractivity contribution in [3.05, 3.63) is 41.1 Å². The van der Waals surface area contributed by atoms with Gasteiger partial charge in [-0.1, -0.05) is 52.0 Å². The number of carbonyl (C=O) groups excluding carboxylic acids is 2. The van der Waals surface area contributed by atoms with Crippen molar-refractivity contribution in [3.63, 3.8) is 0 Å². The van der Waals surface area contributed by atoms with Gasteiger partial charge in [0.1, 0.15) is 0 Å². The third kappa shape index (κ3) is 5.25. The summed E-state index contributed by atoms with van der Waals surface area (Å²) in [6.07, 6.45) is 3.25. The second kappa shape index (κ2) is 8.84. The molecule has 0 radical (unpaired) electrons. The zero-order valence-electron chi connectivity index (χ0n) is 18.8. The molecule has 0 aliphatic carbocycles. The van der Waals surface area contributed by atoms with Gasteiger partial charge in [-0.05, 0) is 35.0 Å². The fraction of sp³-hybridized carbons (Fsp3) is 0.560. The smallest absolute Gasteiger partial charge is 0.223 e. The zero-order chi connectivity index (χ0) is 22.1. The molecule has 0 bridgehead atoms. The number of amides is 1. The van der Waals surface area contributed by atoms with Crippen molar-refractivity contribution >= 4 is 23.5 Å². The van der Waals surface area contributed by atoms with Crippen LogP contribution in [-0.2, 0) is 9.59 Å². The maximum Gasteiger partial charge on any atom is 0.223 e. The quantitative estimate of drug-likeness (QED) is 0.758. The number of carbonyl (C=O) groups is 2. The van der Waals surface area contributed by atoms with Gasteiger partial charge in [-0.2, -0.15) is 0 Å². The van der Waals surface area contributed by atoms with Gasteiger partial charge in [-0.25, -0.2) is 0 Å². The number of benzene rings is 1. The van der Waals surface area contributed by atoms with Crippen LogP contribution in [0.4, 0.5) is 0 Å². The lowest BCUT2D eigenvalue weighted by Crippen LogP contribution is -2.42. The van der Waals surface area contributed by atoms with Gasteiger partial charge in [0.2, 0.25) is 5.91 Å². The Bertz CT molecular complexity index is 861. The summed E-state index contributed by atoms with van der Waals surface area (Å²) in [7, 11) is 0. The van der Waals surface area contributed by atoms with E-state index in [-0.39, 0.29) is 29.6 Å². The lowest BCUT2D eigenvalue weighted by Gasteiger charge is -2.28. The molecule has 1 N–H and O–H groups in total. The van der Waals surface area contributed by atoms with E-state index in [1.807, 2.05) is 40.8 Å². The lowest BCUT2D eigenvalue weighted by atomic mass is 9.90. The Morgan fingerprint density at radius 1 is 1.23 bits per heavy atom. The van der Waals surface area contributed by atoms with Crippen LogP contribution in [0.1, 0.15) is 77.3 Å². The number of nitrogens with zero attached hydrogens (tertiary/aromatic N) is 2. The fourth-order valence-electron chi connectivity index (χ4n) is 4.34. The summed E-state index contributed by atoms with van der Waals surface area (Å²) < 4.78 is 0. The number of rotatable bonds is 6. The summed E-state index contributed by atoms with van der Waals surface area (Å²) in [5.74, 6) is 0.0451. The van der Waals surface area contributed by atoms with Gasteiger partial charge >= 0.3 is 0 Å². The maximum atomic E-state index is 13.0. The SMILES string of the molecule is CC1=C(c2ccc(C(C)CC(=O)C3CC(O)CN3C(=O)CC(C)(C)C)cc2)CC=N1. The number of β-amino-alcohol motifs (C(OH)–C–C–N with tert-alkyl or cyclic N) is 1. The highest BCUT2D eigenvalue weighted by Crippen LogP contribution is 2.30. The van der Waals surface area contributed by atoms with Crippen molar-refractivity contribution in [2.24, 2.45) is 10.4 Å². The number of Topliss-reactive ketones (excluding diaryl/α,β-unsaturated/α-hetero) is 1. The zero-order valence-corrected chi connectivity index (χ0v) is 18.8. The summed E-state index contributed by atoms with van der Waals surface area (Å²) in [5.41, 5.74) is 4.44. The number of aliphatic hydroxyl groups is 1. The molecular weight excluding hydrogens is 376 g/mol. The van der Waals surface area contributed by atoms with E-state index in [2.05, 4.69) is 29.3 Å². The van der Waals surface area contributed by atoms with Gasteiger partial charge in [-0.3, -0.25) is 14.6 Å². The molecule has 5 nitrogen and oxygen atoms in total. The molecule has 2 aliphatic rings. The average molecular weight is 411 g/mol. The minimum absolute atomic E-state index is 0.0353. The molecule has 1 amide bonds. The number of aliphatic imine (C=N–C) groups is 1. The Hall–Kier alpha value is -2.27. The molecule has 0 saturated carbocycles. The Labute approximate surface area is 179 Å². The standard InChI is InChI=1S/C25H34N2O3/c1-16(18-6-8-19(9-7-18)21-10-11-26-17(21)2)12-23(29)22-13-20(28)15-27(22)24(30)14-25(3,4)5/h6-9,11,16,20,22,28H,10,12-15H2,1-5H3. The van der Waals surface area contributed by atoms with E-state index >= 15 is 0 Å². The van der Waals surface area contributed by atoms with Crippen LogP contribution in [0.5, 0.6) is 0 Å². The topological polar surface area (TPSA) is 70.0 Å². The van der Waals surface area contributed by atoms with E-state index < -0.39 is 12.1 Å². The van der Waals surface area contributed by atoms with Crippen molar-refractivity contribution in [2.75, 3.05) is 6.54 Å². The van der Waals surface area contributed by atoms with E-state index in [0.717, 1.165) is 17.7 Å². The first kappa shape index (κ1) is 22.4. The van der Waals surface area contributed by atoms with E-state index in [0.29, 0.717) is 19.3 Å². The summed E-state index contributed by atoms with van der Waals surface area (Å²) in [6.45, 7) is 10.4. The number of likely N-dealkylation sites (tertiary alicyclic amines) is 1. The van der Waals surface area contributed by atoms with Gasteiger partial charge in [0, 0.05) is 44.1 Å². The monoisotopic (exact) mass is 410 g/mol. The van der Waals surface area contributed by atoms with Gasteiger partial charge in [0.15, 0.2) is 5.78 Å². The number of hydrogen-bond acceptors (Lipinski definition) is 4. The molecule has 0 spiro atoms. The van der Waals surface area contributed by atoms with E-state index in [4.69, 9.17) is 0 Å². The summed E-state index contributed by atoms with van der Waals surface area (Å²) >= 11 is 0. The average Bonchev–Trinajstić information content (AvgIpc) is 3.26. The predicted molar refractivity (Wildman–Crippen MR) is 120 cm³/mol. The van der Waals surface area contributed by atoms with Crippen LogP contribution in [0, 0.1) is 5.41 Å². The largest absolute Gasteiger partial charge is 0.391 e. The third-order valence-corrected chi connectivity index (χ3v) is 6.01. The van der Waals surface area contributed by atoms with Crippen molar-refractivity contribution in [2.45, 2.75) is 78.4 Å². The van der Waals surface area contributed by atoms with Gasteiger partial charge in [0.05, 0.1) is 12.1 Å². The molecule has 5 heteroatoms. The highest BCUT2D eigenvalue weighted by atomic mass is 16.3. The number of ketones is 1. The molecule has 2 heterocycles. The molecule has 30 heavy (non-hydrogen) atoms. The molecular formula is C25H34N2O3. The Morgan fingerprint density at radius 2 is 1.90 bits per heavy atom. The first-order chi connectivity index (χ1) is 14.0. The van der Waals surface area contributed by atoms with Crippen LogP contribution in [0.25, 0.3) is 5.57 Å². The molecule has 1 aromatic carbocycles. The summed E-state index contributed by atoms with van der Waals surface area (Å²) in [4.78, 5) is 31.7. The molecule has 1 aromatic rings. The molecule has 162 valence electrons. The second-order valence-electron chi connectivity index (χ2n) is 9.96. The van der Waals surface area contributed by atoms with Crippen LogP contribution in [0.15, 0.2) is 35.0 Å². The summed E-state index contributed by atoms with van der Waals surface area (Å²) in [6, 6.07) is 7.85. The number of allylic oxidation sites excluding steroid dienone is 2. The molecule has 2 aliphatic heterocycles. The molecule has 1 fully saturated rings. The van der Waals surface area contributed by atoms with Crippen LogP contribution >= 0.6 is 0 Å². The van der Waals surface area contributed by atoms with Gasteiger partial charge < -0.3 is 10.0 Å². The van der Waals surface area contributed by atoms with Crippen LogP contribution in [0.2, 0.25) is 0 Å². The minimum Gasteiger partial charge on any atom is -0.391 e. The van der Waals surface area contributed by atoms with E-state index in [1.165, 1.54) is 11.1 Å². The van der Waals surface area contributed by atoms with E-state index in [9.17, 15) is 14.7 Å². The highest BCUT2D eigenvalue weighted by Gasteiger charge is 2.39. The molecule has 1 saturated heterocycles. The highest BCUT2D eigenvalue weighted by molar-refractivity contribution is 5.90. The Kier molecular flexibility index (Phi) is 6.61.